The fourth-order valence-electron chi connectivity index (χ4n) is 6.62. The van der Waals surface area contributed by atoms with Crippen LogP contribution in [0.4, 0.5) is 0 Å². The maximum atomic E-state index is 12.7. The number of rotatable bonds is 35. The maximum absolute atomic E-state index is 12.7. The van der Waals surface area contributed by atoms with Gasteiger partial charge in [0, 0.05) is 12.8 Å². The first kappa shape index (κ1) is 49.7. The van der Waals surface area contributed by atoms with Crippen LogP contribution in [0.5, 0.6) is 0 Å². The van der Waals surface area contributed by atoms with Crippen LogP contribution in [0.25, 0.3) is 0 Å². The molecular weight excluding hydrogens is 704 g/mol. The van der Waals surface area contributed by atoms with E-state index in [-0.39, 0.29) is 19.4 Å². The molecule has 0 aromatic heterocycles. The van der Waals surface area contributed by atoms with Crippen LogP contribution < -0.4 is 0 Å². The molecule has 0 radical (unpaired) electrons. The normalized spacial score (nSPS) is 21.1. The quantitative estimate of drug-likeness (QED) is 0.0279. The molecular formula is C40H76O12S. The van der Waals surface area contributed by atoms with E-state index in [1.165, 1.54) is 109 Å². The van der Waals surface area contributed by atoms with Gasteiger partial charge in [-0.05, 0) is 12.8 Å². The minimum absolute atomic E-state index is 0.171. The number of aliphatic hydroxyl groups is 3. The van der Waals surface area contributed by atoms with Gasteiger partial charge in [0.05, 0.1) is 6.61 Å². The first-order valence-corrected chi connectivity index (χ1v) is 22.7. The first-order chi connectivity index (χ1) is 25.5. The highest BCUT2D eigenvalue weighted by Gasteiger charge is 2.46. The van der Waals surface area contributed by atoms with Gasteiger partial charge in [0.15, 0.2) is 12.4 Å². The highest BCUT2D eigenvalue weighted by Crippen LogP contribution is 2.24. The molecule has 1 heterocycles. The molecule has 314 valence electrons. The lowest BCUT2D eigenvalue weighted by Gasteiger charge is -2.40. The van der Waals surface area contributed by atoms with Crippen molar-refractivity contribution in [3.05, 3.63) is 0 Å². The highest BCUT2D eigenvalue weighted by atomic mass is 32.2. The predicted molar refractivity (Wildman–Crippen MR) is 206 cm³/mol. The Morgan fingerprint density at radius 3 is 1.38 bits per heavy atom. The van der Waals surface area contributed by atoms with Crippen LogP contribution in [0.15, 0.2) is 0 Å². The molecule has 1 aliphatic heterocycles. The second-order valence-corrected chi connectivity index (χ2v) is 16.5. The molecule has 2 unspecified atom stereocenters. The van der Waals surface area contributed by atoms with Crippen molar-refractivity contribution in [2.75, 3.05) is 19.0 Å². The van der Waals surface area contributed by atoms with E-state index >= 15 is 0 Å². The zero-order valence-corrected chi connectivity index (χ0v) is 34.0. The molecule has 6 atom stereocenters. The fraction of sp³-hybridized carbons (Fsp3) is 0.950. The first-order valence-electron chi connectivity index (χ1n) is 21.1. The van der Waals surface area contributed by atoms with Crippen molar-refractivity contribution >= 4 is 22.1 Å². The summed E-state index contributed by atoms with van der Waals surface area (Å²) in [5.41, 5.74) is 0. The largest absolute Gasteiger partial charge is 0.462 e. The van der Waals surface area contributed by atoms with Crippen molar-refractivity contribution in [2.45, 2.75) is 224 Å². The highest BCUT2D eigenvalue weighted by molar-refractivity contribution is 7.85. The second-order valence-electron chi connectivity index (χ2n) is 15.0. The standard InChI is InChI=1S/C40H76O12S/c1-3-5-7-9-11-13-15-17-19-20-22-24-26-28-35(41)49-30-33(31-50-40-39(45)38(44)37(43)34(52-40)32-53(46,47)48)51-36(42)29-27-25-23-21-18-16-14-12-10-8-6-4-2/h33-34,37-40,43-45H,3-32H2,1-2H3,(H,46,47,48)/t33-,34-,37-,38?,39?,40+/m1/s1. The zero-order chi connectivity index (χ0) is 39.2. The SMILES string of the molecule is CCCCCCCCCCCCCCCC(=O)OC[C@H](CO[C@H]1O[C@H](CS(=O)(=O)O)[C@@H](O)C(O)C1O)OC(=O)CCCCCCCCCCCCCC. The summed E-state index contributed by atoms with van der Waals surface area (Å²) in [5.74, 6) is -1.97. The number of carbonyl (C=O) groups excluding carboxylic acids is 2. The number of hydrogen-bond donors (Lipinski definition) is 4. The van der Waals surface area contributed by atoms with E-state index in [9.17, 15) is 37.9 Å². The van der Waals surface area contributed by atoms with Gasteiger partial charge in [-0.25, -0.2) is 0 Å². The Hall–Kier alpha value is -1.35. The van der Waals surface area contributed by atoms with Crippen LogP contribution in [0.1, 0.15) is 187 Å². The van der Waals surface area contributed by atoms with Gasteiger partial charge in [-0.2, -0.15) is 8.42 Å². The molecule has 1 aliphatic rings. The average molecular weight is 781 g/mol. The molecule has 0 aromatic rings. The van der Waals surface area contributed by atoms with E-state index in [0.717, 1.165) is 38.5 Å². The smallest absolute Gasteiger partial charge is 0.306 e. The van der Waals surface area contributed by atoms with Gasteiger partial charge in [0.25, 0.3) is 10.1 Å². The second kappa shape index (κ2) is 31.8. The third-order valence-electron chi connectivity index (χ3n) is 9.94. The number of aliphatic hydroxyl groups excluding tert-OH is 3. The van der Waals surface area contributed by atoms with Gasteiger partial charge in [-0.1, -0.05) is 162 Å². The molecule has 1 rings (SSSR count). The summed E-state index contributed by atoms with van der Waals surface area (Å²) in [7, 11) is -4.59. The van der Waals surface area contributed by atoms with E-state index < -0.39 is 71.2 Å². The summed E-state index contributed by atoms with van der Waals surface area (Å²) < 4.78 is 53.9. The van der Waals surface area contributed by atoms with Crippen LogP contribution >= 0.6 is 0 Å². The van der Waals surface area contributed by atoms with Crippen molar-refractivity contribution < 1.29 is 56.8 Å². The third kappa shape index (κ3) is 27.0. The summed E-state index contributed by atoms with van der Waals surface area (Å²) in [6, 6.07) is 0. The fourth-order valence-corrected chi connectivity index (χ4v) is 7.31. The van der Waals surface area contributed by atoms with E-state index in [1.807, 2.05) is 0 Å². The van der Waals surface area contributed by atoms with Crippen LogP contribution in [-0.4, -0.2) is 96.0 Å². The molecule has 0 spiro atoms. The molecule has 4 N–H and O–H groups in total. The van der Waals surface area contributed by atoms with Gasteiger partial charge in [0.1, 0.15) is 36.8 Å². The number of hydrogen-bond acceptors (Lipinski definition) is 11. The molecule has 0 saturated carbocycles. The van der Waals surface area contributed by atoms with Crippen LogP contribution in [0.2, 0.25) is 0 Å². The molecule has 0 aliphatic carbocycles. The van der Waals surface area contributed by atoms with Crippen LogP contribution in [0, 0.1) is 0 Å². The Kier molecular flexibility index (Phi) is 29.8. The number of ether oxygens (including phenoxy) is 4. The van der Waals surface area contributed by atoms with Gasteiger partial charge in [0.2, 0.25) is 0 Å². The zero-order valence-electron chi connectivity index (χ0n) is 33.1. The summed E-state index contributed by atoms with van der Waals surface area (Å²) in [4.78, 5) is 25.3. The Morgan fingerprint density at radius 1 is 0.566 bits per heavy atom. The molecule has 53 heavy (non-hydrogen) atoms. The van der Waals surface area contributed by atoms with Crippen molar-refractivity contribution in [3.8, 4) is 0 Å². The van der Waals surface area contributed by atoms with Crippen molar-refractivity contribution in [1.29, 1.82) is 0 Å². The van der Waals surface area contributed by atoms with Crippen LogP contribution in [-0.2, 0) is 38.7 Å². The molecule has 12 nitrogen and oxygen atoms in total. The van der Waals surface area contributed by atoms with Crippen LogP contribution in [0.3, 0.4) is 0 Å². The van der Waals surface area contributed by atoms with Crippen molar-refractivity contribution in [3.63, 3.8) is 0 Å². The lowest BCUT2D eigenvalue weighted by molar-refractivity contribution is -0.297. The molecule has 1 saturated heterocycles. The van der Waals surface area contributed by atoms with Gasteiger partial charge in [-0.3, -0.25) is 14.1 Å². The number of esters is 2. The molecule has 0 aromatic carbocycles. The van der Waals surface area contributed by atoms with E-state index in [4.69, 9.17) is 18.9 Å². The van der Waals surface area contributed by atoms with Crippen molar-refractivity contribution in [1.82, 2.24) is 0 Å². The molecule has 0 bridgehead atoms. The summed E-state index contributed by atoms with van der Waals surface area (Å²) in [5, 5.41) is 30.8. The van der Waals surface area contributed by atoms with Gasteiger partial charge >= 0.3 is 11.9 Å². The van der Waals surface area contributed by atoms with Gasteiger partial charge < -0.3 is 34.3 Å². The average Bonchev–Trinajstić information content (AvgIpc) is 3.12. The lowest BCUT2D eigenvalue weighted by atomic mass is 10.00. The Labute approximate surface area is 321 Å². The van der Waals surface area contributed by atoms with E-state index in [1.54, 1.807) is 0 Å². The minimum atomic E-state index is -4.59. The Balaban J connectivity index is 2.48. The number of carbonyl (C=O) groups is 2. The van der Waals surface area contributed by atoms with E-state index in [2.05, 4.69) is 13.8 Å². The van der Waals surface area contributed by atoms with Crippen molar-refractivity contribution in [2.24, 2.45) is 0 Å². The maximum Gasteiger partial charge on any atom is 0.306 e. The summed E-state index contributed by atoms with van der Waals surface area (Å²) >= 11 is 0. The summed E-state index contributed by atoms with van der Waals surface area (Å²) in [6.45, 7) is 3.75. The summed E-state index contributed by atoms with van der Waals surface area (Å²) in [6.07, 6.45) is 20.1. The predicted octanol–water partition coefficient (Wildman–Crippen LogP) is 7.73. The lowest BCUT2D eigenvalue weighted by Crippen LogP contribution is -2.60. The Morgan fingerprint density at radius 2 is 0.962 bits per heavy atom. The van der Waals surface area contributed by atoms with Gasteiger partial charge in [-0.15, -0.1) is 0 Å². The molecule has 0 amide bonds. The minimum Gasteiger partial charge on any atom is -0.462 e. The molecule has 13 heteroatoms. The van der Waals surface area contributed by atoms with E-state index in [0.29, 0.717) is 12.8 Å². The topological polar surface area (TPSA) is 186 Å². The third-order valence-corrected chi connectivity index (χ3v) is 10.7. The molecule has 1 fully saturated rings. The Bertz CT molecular complexity index is 1010. The number of unbranched alkanes of at least 4 members (excludes halogenated alkanes) is 23. The monoisotopic (exact) mass is 781 g/mol.